The molecule has 0 aliphatic carbocycles. The van der Waals surface area contributed by atoms with Crippen LogP contribution in [0.15, 0.2) is 29.2 Å². The zero-order chi connectivity index (χ0) is 15.3. The Labute approximate surface area is 128 Å². The normalized spacial score (nSPS) is 17.1. The van der Waals surface area contributed by atoms with E-state index in [1.54, 1.807) is 12.1 Å². The van der Waals surface area contributed by atoms with Crippen molar-refractivity contribution in [2.24, 2.45) is 5.92 Å². The van der Waals surface area contributed by atoms with Gasteiger partial charge >= 0.3 is 0 Å². The van der Waals surface area contributed by atoms with Gasteiger partial charge in [-0.1, -0.05) is 6.92 Å². The number of piperidine rings is 1. The molecule has 0 atom stereocenters. The molecule has 0 bridgehead atoms. The number of nitrogens with one attached hydrogen (secondary N) is 1. The Morgan fingerprint density at radius 2 is 1.81 bits per heavy atom. The van der Waals surface area contributed by atoms with Gasteiger partial charge in [0.25, 0.3) is 0 Å². The lowest BCUT2D eigenvalue weighted by molar-refractivity contribution is 0.393. The molecule has 1 saturated heterocycles. The minimum atomic E-state index is -3.10. The summed E-state index contributed by atoms with van der Waals surface area (Å²) >= 11 is 0. The van der Waals surface area contributed by atoms with Gasteiger partial charge in [0.15, 0.2) is 9.84 Å². The highest BCUT2D eigenvalue weighted by Gasteiger charge is 2.19. The summed E-state index contributed by atoms with van der Waals surface area (Å²) in [5.74, 6) is 0.984. The average molecular weight is 310 g/mol. The fourth-order valence-corrected chi connectivity index (χ4v) is 4.26. The molecule has 1 N–H and O–H groups in total. The Balaban J connectivity index is 2.00. The number of sulfone groups is 1. The lowest BCUT2D eigenvalue weighted by Crippen LogP contribution is -2.36. The van der Waals surface area contributed by atoms with Gasteiger partial charge in [0, 0.05) is 18.8 Å². The highest BCUT2D eigenvalue weighted by molar-refractivity contribution is 7.91. The number of hydrogen-bond donors (Lipinski definition) is 1. The molecular weight excluding hydrogens is 284 g/mol. The molecule has 4 nitrogen and oxygen atoms in total. The summed E-state index contributed by atoms with van der Waals surface area (Å²) in [6.45, 7) is 5.07. The summed E-state index contributed by atoms with van der Waals surface area (Å²) in [7, 11) is -1.10. The minimum Gasteiger partial charge on any atom is -0.372 e. The van der Waals surface area contributed by atoms with Crippen molar-refractivity contribution in [2.45, 2.75) is 31.1 Å². The van der Waals surface area contributed by atoms with Gasteiger partial charge in [0.05, 0.1) is 10.6 Å². The van der Waals surface area contributed by atoms with Crippen molar-refractivity contribution in [3.63, 3.8) is 0 Å². The largest absolute Gasteiger partial charge is 0.372 e. The number of rotatable bonds is 6. The molecular formula is C16H26N2O2S. The van der Waals surface area contributed by atoms with E-state index in [9.17, 15) is 8.42 Å². The van der Waals surface area contributed by atoms with Crippen LogP contribution < -0.4 is 10.2 Å². The van der Waals surface area contributed by atoms with E-state index in [1.807, 2.05) is 26.1 Å². The van der Waals surface area contributed by atoms with Crippen LogP contribution in [0.5, 0.6) is 0 Å². The first-order chi connectivity index (χ1) is 10.1. The molecule has 1 aliphatic rings. The predicted molar refractivity (Wildman–Crippen MR) is 87.6 cm³/mol. The second-order valence-corrected chi connectivity index (χ2v) is 7.91. The Bertz CT molecular complexity index is 532. The van der Waals surface area contributed by atoms with Crippen LogP contribution >= 0.6 is 0 Å². The van der Waals surface area contributed by atoms with Crippen LogP contribution in [0, 0.1) is 5.92 Å². The SMILES string of the molecule is CCCS(=O)(=O)c1ccc(N2CCC(CNC)CC2)cc1. The molecule has 5 heteroatoms. The molecule has 0 saturated carbocycles. The van der Waals surface area contributed by atoms with Gasteiger partial charge in [0.1, 0.15) is 0 Å². The van der Waals surface area contributed by atoms with Crippen molar-refractivity contribution >= 4 is 15.5 Å². The molecule has 1 heterocycles. The number of hydrogen-bond acceptors (Lipinski definition) is 4. The zero-order valence-electron chi connectivity index (χ0n) is 13.0. The lowest BCUT2D eigenvalue weighted by Gasteiger charge is -2.33. The third-order valence-electron chi connectivity index (χ3n) is 4.14. The number of benzene rings is 1. The molecule has 0 unspecified atom stereocenters. The van der Waals surface area contributed by atoms with Gasteiger partial charge in [-0.2, -0.15) is 0 Å². The van der Waals surface area contributed by atoms with Gasteiger partial charge in [-0.3, -0.25) is 0 Å². The molecule has 0 amide bonds. The molecule has 0 aromatic heterocycles. The van der Waals surface area contributed by atoms with E-state index in [1.165, 1.54) is 12.8 Å². The second-order valence-electron chi connectivity index (χ2n) is 5.80. The molecule has 0 spiro atoms. The van der Waals surface area contributed by atoms with Gasteiger partial charge < -0.3 is 10.2 Å². The standard InChI is InChI=1S/C16H26N2O2S/c1-3-12-21(19,20)16-6-4-15(5-7-16)18-10-8-14(9-11-18)13-17-2/h4-7,14,17H,3,8-13H2,1-2H3. The van der Waals surface area contributed by atoms with E-state index in [0.717, 1.165) is 31.2 Å². The van der Waals surface area contributed by atoms with Crippen molar-refractivity contribution in [3.8, 4) is 0 Å². The Morgan fingerprint density at radius 1 is 1.19 bits per heavy atom. The first-order valence-electron chi connectivity index (χ1n) is 7.79. The highest BCUT2D eigenvalue weighted by atomic mass is 32.2. The summed E-state index contributed by atoms with van der Waals surface area (Å²) in [6.07, 6.45) is 3.04. The van der Waals surface area contributed by atoms with Crippen molar-refractivity contribution in [1.29, 1.82) is 0 Å². The van der Waals surface area contributed by atoms with Gasteiger partial charge in [-0.15, -0.1) is 0 Å². The Hall–Kier alpha value is -1.07. The van der Waals surface area contributed by atoms with Crippen LogP contribution in [0.1, 0.15) is 26.2 Å². The third-order valence-corrected chi connectivity index (χ3v) is 6.08. The van der Waals surface area contributed by atoms with E-state index in [2.05, 4.69) is 10.2 Å². The topological polar surface area (TPSA) is 49.4 Å². The van der Waals surface area contributed by atoms with Crippen LogP contribution in [0.3, 0.4) is 0 Å². The molecule has 118 valence electrons. The van der Waals surface area contributed by atoms with E-state index in [4.69, 9.17) is 0 Å². The van der Waals surface area contributed by atoms with Crippen LogP contribution in [0.4, 0.5) is 5.69 Å². The molecule has 2 rings (SSSR count). The van der Waals surface area contributed by atoms with Gasteiger partial charge in [-0.25, -0.2) is 8.42 Å². The maximum Gasteiger partial charge on any atom is 0.178 e. The van der Waals surface area contributed by atoms with E-state index < -0.39 is 9.84 Å². The molecule has 1 aliphatic heterocycles. The Morgan fingerprint density at radius 3 is 2.33 bits per heavy atom. The molecule has 1 fully saturated rings. The van der Waals surface area contributed by atoms with Crippen molar-refractivity contribution in [3.05, 3.63) is 24.3 Å². The fourth-order valence-electron chi connectivity index (χ4n) is 2.93. The summed E-state index contributed by atoms with van der Waals surface area (Å²) in [5, 5.41) is 3.24. The van der Waals surface area contributed by atoms with Crippen molar-refractivity contribution < 1.29 is 8.42 Å². The van der Waals surface area contributed by atoms with Gasteiger partial charge in [-0.05, 0) is 63.0 Å². The quantitative estimate of drug-likeness (QED) is 0.876. The molecule has 0 radical (unpaired) electrons. The lowest BCUT2D eigenvalue weighted by atomic mass is 9.96. The minimum absolute atomic E-state index is 0.224. The first kappa shape index (κ1) is 16.3. The maximum atomic E-state index is 12.0. The maximum absolute atomic E-state index is 12.0. The molecule has 1 aromatic rings. The highest BCUT2D eigenvalue weighted by Crippen LogP contribution is 2.24. The van der Waals surface area contributed by atoms with Crippen molar-refractivity contribution in [2.75, 3.05) is 37.3 Å². The fraction of sp³-hybridized carbons (Fsp3) is 0.625. The predicted octanol–water partition coefficient (Wildman–Crippen LogP) is 2.31. The summed E-state index contributed by atoms with van der Waals surface area (Å²) in [5.41, 5.74) is 1.13. The Kier molecular flexibility index (Phi) is 5.65. The van der Waals surface area contributed by atoms with Gasteiger partial charge in [0.2, 0.25) is 0 Å². The van der Waals surface area contributed by atoms with E-state index in [0.29, 0.717) is 11.3 Å². The van der Waals surface area contributed by atoms with Crippen LogP contribution in [-0.4, -0.2) is 40.9 Å². The smallest absolute Gasteiger partial charge is 0.178 e. The zero-order valence-corrected chi connectivity index (χ0v) is 13.8. The van der Waals surface area contributed by atoms with E-state index >= 15 is 0 Å². The summed E-state index contributed by atoms with van der Waals surface area (Å²) < 4.78 is 24.0. The van der Waals surface area contributed by atoms with Crippen molar-refractivity contribution in [1.82, 2.24) is 5.32 Å². The van der Waals surface area contributed by atoms with Crippen LogP contribution in [0.25, 0.3) is 0 Å². The summed E-state index contributed by atoms with van der Waals surface area (Å²) in [4.78, 5) is 2.79. The average Bonchev–Trinajstić information content (AvgIpc) is 2.48. The summed E-state index contributed by atoms with van der Waals surface area (Å²) in [6, 6.07) is 7.39. The van der Waals surface area contributed by atoms with Crippen LogP contribution in [-0.2, 0) is 9.84 Å². The molecule has 1 aromatic carbocycles. The molecule has 21 heavy (non-hydrogen) atoms. The third kappa shape index (κ3) is 4.20. The first-order valence-corrected chi connectivity index (χ1v) is 9.44. The number of nitrogens with zero attached hydrogens (tertiary/aromatic N) is 1. The monoisotopic (exact) mass is 310 g/mol. The number of anilines is 1. The van der Waals surface area contributed by atoms with Crippen LogP contribution in [0.2, 0.25) is 0 Å². The second kappa shape index (κ2) is 7.27. The van der Waals surface area contributed by atoms with E-state index in [-0.39, 0.29) is 5.75 Å².